The predicted octanol–water partition coefficient (Wildman–Crippen LogP) is 3.15. The van der Waals surface area contributed by atoms with Gasteiger partial charge in [-0.15, -0.1) is 0 Å². The Bertz CT molecular complexity index is 1110. The number of ether oxygens (including phenoxy) is 1. The van der Waals surface area contributed by atoms with Gasteiger partial charge in [0.2, 0.25) is 10.0 Å². The summed E-state index contributed by atoms with van der Waals surface area (Å²) in [5.41, 5.74) is 2.45. The Balaban J connectivity index is 1.26. The van der Waals surface area contributed by atoms with Crippen LogP contribution in [-0.4, -0.2) is 74.0 Å². The largest absolute Gasteiger partial charge is 0.497 e. The van der Waals surface area contributed by atoms with Gasteiger partial charge in [-0.2, -0.15) is 4.31 Å². The van der Waals surface area contributed by atoms with Gasteiger partial charge in [0.25, 0.3) is 0 Å². The third-order valence-electron chi connectivity index (χ3n) is 6.51. The molecule has 1 aromatic carbocycles. The van der Waals surface area contributed by atoms with Crippen LogP contribution < -0.4 is 15.4 Å². The van der Waals surface area contributed by atoms with E-state index in [1.54, 1.807) is 35.7 Å². The van der Waals surface area contributed by atoms with Gasteiger partial charge in [-0.3, -0.25) is 4.98 Å². The van der Waals surface area contributed by atoms with Crippen LogP contribution in [0.15, 0.2) is 41.3 Å². The number of amides is 2. The lowest BCUT2D eigenvalue weighted by Crippen LogP contribution is -2.49. The summed E-state index contributed by atoms with van der Waals surface area (Å²) in [5.74, 6) is 0.642. The molecule has 2 N–H and O–H groups in total. The number of carbonyl (C=O) groups excluding carboxylic acids is 1. The molecule has 1 saturated heterocycles. The molecule has 0 bridgehead atoms. The molecule has 0 radical (unpaired) electrons. The molecule has 0 unspecified atom stereocenters. The molecular formula is C25H35N5O4S. The molecule has 2 aliphatic rings. The number of aromatic nitrogens is 1. The van der Waals surface area contributed by atoms with Gasteiger partial charge >= 0.3 is 6.03 Å². The lowest BCUT2D eigenvalue weighted by atomic mass is 10.0. The minimum Gasteiger partial charge on any atom is -0.497 e. The number of rotatable bonds is 9. The van der Waals surface area contributed by atoms with Crippen LogP contribution in [0.5, 0.6) is 5.75 Å². The number of likely N-dealkylation sites (tertiary alicyclic amines) is 1. The summed E-state index contributed by atoms with van der Waals surface area (Å²) in [6.07, 6.45) is 3.41. The molecule has 1 aliphatic carbocycles. The van der Waals surface area contributed by atoms with E-state index < -0.39 is 10.0 Å². The third-order valence-corrected chi connectivity index (χ3v) is 8.53. The van der Waals surface area contributed by atoms with Gasteiger partial charge in [-0.05, 0) is 89.0 Å². The molecular weight excluding hydrogens is 466 g/mol. The lowest BCUT2D eigenvalue weighted by Gasteiger charge is -2.38. The number of sulfonamides is 1. The molecule has 4 rings (SSSR count). The molecule has 0 atom stereocenters. The zero-order valence-corrected chi connectivity index (χ0v) is 21.5. The molecule has 35 heavy (non-hydrogen) atoms. The van der Waals surface area contributed by atoms with E-state index in [2.05, 4.69) is 20.5 Å². The normalized spacial score (nSPS) is 17.4. The molecule has 1 aromatic heterocycles. The van der Waals surface area contributed by atoms with Crippen molar-refractivity contribution >= 4 is 21.7 Å². The zero-order valence-electron chi connectivity index (χ0n) is 20.7. The zero-order chi connectivity index (χ0) is 25.0. The van der Waals surface area contributed by atoms with Crippen LogP contribution in [-0.2, 0) is 10.0 Å². The Morgan fingerprint density at radius 2 is 1.66 bits per heavy atom. The van der Waals surface area contributed by atoms with Gasteiger partial charge in [0, 0.05) is 42.2 Å². The number of anilines is 1. The highest BCUT2D eigenvalue weighted by molar-refractivity contribution is 7.89. The summed E-state index contributed by atoms with van der Waals surface area (Å²) < 4.78 is 33.8. The van der Waals surface area contributed by atoms with Crippen molar-refractivity contribution in [1.29, 1.82) is 0 Å². The monoisotopic (exact) mass is 501 g/mol. The summed E-state index contributed by atoms with van der Waals surface area (Å²) >= 11 is 0. The molecule has 9 nitrogen and oxygen atoms in total. The van der Waals surface area contributed by atoms with Crippen molar-refractivity contribution < 1.29 is 17.9 Å². The van der Waals surface area contributed by atoms with Crippen LogP contribution in [0.2, 0.25) is 0 Å². The van der Waals surface area contributed by atoms with Gasteiger partial charge in [-0.1, -0.05) is 0 Å². The molecule has 1 aliphatic heterocycles. The number of benzene rings is 1. The molecule has 2 aromatic rings. The van der Waals surface area contributed by atoms with Crippen LogP contribution in [0.4, 0.5) is 10.5 Å². The first-order chi connectivity index (χ1) is 16.8. The lowest BCUT2D eigenvalue weighted by molar-refractivity contribution is 0.156. The summed E-state index contributed by atoms with van der Waals surface area (Å²) in [5, 5.41) is 5.76. The first kappa shape index (κ1) is 25.4. The highest BCUT2D eigenvalue weighted by atomic mass is 32.2. The standard InChI is InChI=1S/C25H35N5O4S/c1-18-16-20(17-19(2)27-18)28-25(31)26-12-15-29-13-10-22(11-14-29)30(21-4-5-21)35(32,33)24-8-6-23(34-3)7-9-24/h6-9,16-17,21-22H,4-5,10-15H2,1-3H3,(H2,26,27,28,31). The molecule has 1 saturated carbocycles. The molecule has 0 spiro atoms. The fourth-order valence-electron chi connectivity index (χ4n) is 4.70. The van der Waals surface area contributed by atoms with Crippen molar-refractivity contribution in [3.8, 4) is 5.75 Å². The third kappa shape index (κ3) is 6.50. The fourth-order valence-corrected chi connectivity index (χ4v) is 6.63. The number of carbonyl (C=O) groups is 1. The Hall–Kier alpha value is -2.69. The maximum Gasteiger partial charge on any atom is 0.319 e. The average Bonchev–Trinajstić information content (AvgIpc) is 3.64. The summed E-state index contributed by atoms with van der Waals surface area (Å²) in [4.78, 5) is 19.2. The van der Waals surface area contributed by atoms with Gasteiger partial charge in [0.05, 0.1) is 12.0 Å². The second-order valence-electron chi connectivity index (χ2n) is 9.33. The van der Waals surface area contributed by atoms with Crippen molar-refractivity contribution in [1.82, 2.24) is 19.5 Å². The Morgan fingerprint density at radius 1 is 1.06 bits per heavy atom. The van der Waals surface area contributed by atoms with E-state index in [-0.39, 0.29) is 18.1 Å². The number of nitrogens with zero attached hydrogens (tertiary/aromatic N) is 3. The summed E-state index contributed by atoms with van der Waals surface area (Å²) in [6.45, 7) is 6.65. The highest BCUT2D eigenvalue weighted by Gasteiger charge is 2.43. The van der Waals surface area contributed by atoms with Gasteiger partial charge in [-0.25, -0.2) is 13.2 Å². The highest BCUT2D eigenvalue weighted by Crippen LogP contribution is 2.37. The average molecular weight is 502 g/mol. The van der Waals surface area contributed by atoms with Crippen LogP contribution >= 0.6 is 0 Å². The maximum absolute atomic E-state index is 13.4. The van der Waals surface area contributed by atoms with E-state index in [0.717, 1.165) is 62.4 Å². The number of piperidine rings is 1. The predicted molar refractivity (Wildman–Crippen MR) is 135 cm³/mol. The van der Waals surface area contributed by atoms with Crippen molar-refractivity contribution in [2.45, 2.75) is 56.5 Å². The van der Waals surface area contributed by atoms with Gasteiger partial charge < -0.3 is 20.3 Å². The van der Waals surface area contributed by atoms with Crippen LogP contribution in [0.25, 0.3) is 0 Å². The topological polar surface area (TPSA) is 104 Å². The number of nitrogens with one attached hydrogen (secondary N) is 2. The SMILES string of the molecule is COc1ccc(S(=O)(=O)N(C2CC2)C2CCN(CCNC(=O)Nc3cc(C)nc(C)c3)CC2)cc1. The number of hydrogen-bond acceptors (Lipinski definition) is 6. The quantitative estimate of drug-likeness (QED) is 0.547. The fraction of sp³-hybridized carbons (Fsp3) is 0.520. The molecule has 2 fully saturated rings. The van der Waals surface area contributed by atoms with Crippen LogP contribution in [0.1, 0.15) is 37.1 Å². The number of pyridine rings is 1. The van der Waals surface area contributed by atoms with E-state index in [4.69, 9.17) is 4.74 Å². The van der Waals surface area contributed by atoms with Crippen molar-refractivity contribution in [2.75, 3.05) is 38.6 Å². The number of urea groups is 1. The van der Waals surface area contributed by atoms with E-state index in [1.807, 2.05) is 26.0 Å². The number of aryl methyl sites for hydroxylation is 2. The van der Waals surface area contributed by atoms with Crippen molar-refractivity contribution in [2.24, 2.45) is 0 Å². The molecule has 10 heteroatoms. The minimum absolute atomic E-state index is 0.000258. The van der Waals surface area contributed by atoms with E-state index in [0.29, 0.717) is 17.2 Å². The Morgan fingerprint density at radius 3 is 2.23 bits per heavy atom. The Kier molecular flexibility index (Phi) is 7.93. The molecule has 2 amide bonds. The van der Waals surface area contributed by atoms with Crippen molar-refractivity contribution in [3.63, 3.8) is 0 Å². The minimum atomic E-state index is -3.55. The van der Waals surface area contributed by atoms with Gasteiger partial charge in [0.1, 0.15) is 5.75 Å². The number of hydrogen-bond donors (Lipinski definition) is 2. The Labute approximate surface area is 207 Å². The smallest absolute Gasteiger partial charge is 0.319 e. The molecule has 190 valence electrons. The second kappa shape index (κ2) is 10.9. The van der Waals surface area contributed by atoms with Crippen molar-refractivity contribution in [3.05, 3.63) is 47.8 Å². The van der Waals surface area contributed by atoms with Crippen LogP contribution in [0, 0.1) is 13.8 Å². The number of methoxy groups -OCH3 is 1. The van der Waals surface area contributed by atoms with E-state index in [1.165, 1.54) is 0 Å². The van der Waals surface area contributed by atoms with E-state index >= 15 is 0 Å². The first-order valence-corrected chi connectivity index (χ1v) is 13.6. The summed E-state index contributed by atoms with van der Waals surface area (Å²) in [6, 6.07) is 10.2. The van der Waals surface area contributed by atoms with Crippen LogP contribution in [0.3, 0.4) is 0 Å². The molecule has 2 heterocycles. The van der Waals surface area contributed by atoms with Gasteiger partial charge in [0.15, 0.2) is 0 Å². The summed E-state index contributed by atoms with van der Waals surface area (Å²) in [7, 11) is -1.99. The second-order valence-corrected chi connectivity index (χ2v) is 11.2. The first-order valence-electron chi connectivity index (χ1n) is 12.2. The maximum atomic E-state index is 13.4. The van der Waals surface area contributed by atoms with E-state index in [9.17, 15) is 13.2 Å².